The zero-order chi connectivity index (χ0) is 23.6. The molecule has 2 heterocycles. The Kier molecular flexibility index (Phi) is 6.51. The van der Waals surface area contributed by atoms with Gasteiger partial charge in [0.15, 0.2) is 11.0 Å². The molecule has 0 unspecified atom stereocenters. The van der Waals surface area contributed by atoms with E-state index in [0.717, 1.165) is 17.8 Å². The molecule has 0 bridgehead atoms. The van der Waals surface area contributed by atoms with E-state index in [1.807, 2.05) is 18.2 Å². The molecule has 0 N–H and O–H groups in total. The van der Waals surface area contributed by atoms with Crippen molar-refractivity contribution >= 4 is 29.3 Å². The van der Waals surface area contributed by atoms with E-state index in [0.29, 0.717) is 10.8 Å². The molecular weight excluding hydrogens is 443 g/mol. The molecule has 1 amide bonds. The quantitative estimate of drug-likeness (QED) is 0.384. The number of rotatable bonds is 7. The fourth-order valence-corrected chi connectivity index (χ4v) is 4.98. The van der Waals surface area contributed by atoms with Gasteiger partial charge in [-0.1, -0.05) is 36.0 Å². The lowest BCUT2D eigenvalue weighted by Crippen LogP contribution is -2.38. The number of fused-ring (bicyclic) bond motifs is 3. The molecule has 3 aromatic rings. The summed E-state index contributed by atoms with van der Waals surface area (Å²) in [4.78, 5) is 26.5. The summed E-state index contributed by atoms with van der Waals surface area (Å²) < 4.78 is 20.5. The van der Waals surface area contributed by atoms with E-state index in [2.05, 4.69) is 34.7 Å². The molecule has 0 spiro atoms. The van der Waals surface area contributed by atoms with Crippen LogP contribution in [0, 0.1) is 5.82 Å². The summed E-state index contributed by atoms with van der Waals surface area (Å²) in [5, 5.41) is 9.40. The van der Waals surface area contributed by atoms with E-state index >= 15 is 0 Å². The van der Waals surface area contributed by atoms with Gasteiger partial charge in [0.05, 0.1) is 12.4 Å². The number of thioether (sulfide) groups is 1. The molecule has 0 saturated heterocycles. The van der Waals surface area contributed by atoms with Gasteiger partial charge in [-0.3, -0.25) is 14.2 Å². The van der Waals surface area contributed by atoms with E-state index in [1.54, 1.807) is 6.92 Å². The monoisotopic (exact) mass is 468 g/mol. The number of amides is 1. The number of hydrogen-bond acceptors (Lipinski definition) is 6. The van der Waals surface area contributed by atoms with Crippen molar-refractivity contribution < 1.29 is 18.7 Å². The van der Waals surface area contributed by atoms with Crippen LogP contribution in [0.25, 0.3) is 11.4 Å². The Morgan fingerprint density at radius 2 is 1.88 bits per heavy atom. The lowest BCUT2D eigenvalue weighted by atomic mass is 9.87. The predicted molar refractivity (Wildman–Crippen MR) is 125 cm³/mol. The van der Waals surface area contributed by atoms with Crippen LogP contribution in [0.3, 0.4) is 0 Å². The van der Waals surface area contributed by atoms with Crippen LogP contribution in [0.2, 0.25) is 0 Å². The summed E-state index contributed by atoms with van der Waals surface area (Å²) >= 11 is 1.27. The highest BCUT2D eigenvalue weighted by Crippen LogP contribution is 2.39. The number of nitrogens with zero attached hydrogens (tertiary/aromatic N) is 4. The van der Waals surface area contributed by atoms with Gasteiger partial charge in [-0.25, -0.2) is 4.39 Å². The van der Waals surface area contributed by atoms with Crippen LogP contribution in [-0.4, -0.2) is 45.5 Å². The van der Waals surface area contributed by atoms with Crippen molar-refractivity contribution in [3.8, 4) is 11.4 Å². The molecule has 1 aliphatic rings. The number of anilines is 1. The minimum Gasteiger partial charge on any atom is -0.465 e. The molecule has 172 valence electrons. The van der Waals surface area contributed by atoms with Gasteiger partial charge in [-0.05, 0) is 57.0 Å². The first-order valence-electron chi connectivity index (χ1n) is 10.7. The SMILES string of the molecule is CCOC(=O)CN(C(=O)CSc1nnc2n1C(C)(C)Cc1ccccc1-2)c1ccc(F)cc1. The van der Waals surface area contributed by atoms with E-state index < -0.39 is 11.8 Å². The lowest BCUT2D eigenvalue weighted by molar-refractivity contribution is -0.142. The van der Waals surface area contributed by atoms with E-state index in [-0.39, 0.29) is 30.4 Å². The molecule has 0 saturated carbocycles. The van der Waals surface area contributed by atoms with Gasteiger partial charge < -0.3 is 9.64 Å². The summed E-state index contributed by atoms with van der Waals surface area (Å²) in [5.74, 6) is -0.455. The van der Waals surface area contributed by atoms with Crippen molar-refractivity contribution in [2.45, 2.75) is 37.9 Å². The van der Waals surface area contributed by atoms with Crippen molar-refractivity contribution in [1.82, 2.24) is 14.8 Å². The van der Waals surface area contributed by atoms with Gasteiger partial charge in [0, 0.05) is 16.8 Å². The molecular formula is C24H25FN4O3S. The number of ether oxygens (including phenoxy) is 1. The van der Waals surface area contributed by atoms with Crippen molar-refractivity contribution in [1.29, 1.82) is 0 Å². The summed E-state index contributed by atoms with van der Waals surface area (Å²) in [6.45, 7) is 5.89. The summed E-state index contributed by atoms with van der Waals surface area (Å²) in [5.41, 5.74) is 2.41. The molecule has 33 heavy (non-hydrogen) atoms. The highest BCUT2D eigenvalue weighted by atomic mass is 32.2. The number of carbonyl (C=O) groups is 2. The first kappa shape index (κ1) is 23.0. The molecule has 7 nitrogen and oxygen atoms in total. The van der Waals surface area contributed by atoms with Crippen molar-refractivity contribution in [2.24, 2.45) is 0 Å². The van der Waals surface area contributed by atoms with E-state index in [1.165, 1.54) is 46.5 Å². The van der Waals surface area contributed by atoms with Gasteiger partial charge in [-0.2, -0.15) is 0 Å². The molecule has 4 rings (SSSR count). The second kappa shape index (κ2) is 9.35. The Morgan fingerprint density at radius 1 is 1.15 bits per heavy atom. The average Bonchev–Trinajstić information content (AvgIpc) is 3.22. The number of esters is 1. The summed E-state index contributed by atoms with van der Waals surface area (Å²) in [7, 11) is 0. The number of benzene rings is 2. The second-order valence-electron chi connectivity index (χ2n) is 8.34. The second-order valence-corrected chi connectivity index (χ2v) is 9.28. The summed E-state index contributed by atoms with van der Waals surface area (Å²) in [6, 6.07) is 13.6. The van der Waals surface area contributed by atoms with Crippen molar-refractivity contribution in [3.63, 3.8) is 0 Å². The normalized spacial score (nSPS) is 13.7. The van der Waals surface area contributed by atoms with Gasteiger partial charge in [0.1, 0.15) is 12.4 Å². The maximum atomic E-state index is 13.4. The van der Waals surface area contributed by atoms with Gasteiger partial charge >= 0.3 is 5.97 Å². The fraction of sp³-hybridized carbons (Fsp3) is 0.333. The zero-order valence-electron chi connectivity index (χ0n) is 18.7. The molecule has 0 fully saturated rings. The molecule has 9 heteroatoms. The Bertz CT molecular complexity index is 1180. The molecule has 0 radical (unpaired) electrons. The fourth-order valence-electron chi connectivity index (χ4n) is 4.01. The maximum absolute atomic E-state index is 13.4. The minimum absolute atomic E-state index is 0.0344. The third kappa shape index (κ3) is 4.78. The van der Waals surface area contributed by atoms with E-state index in [9.17, 15) is 14.0 Å². The van der Waals surface area contributed by atoms with Gasteiger partial charge in [-0.15, -0.1) is 10.2 Å². The molecule has 0 aliphatic carbocycles. The average molecular weight is 469 g/mol. The zero-order valence-corrected chi connectivity index (χ0v) is 19.6. The molecule has 1 aromatic heterocycles. The molecule has 2 aromatic carbocycles. The Balaban J connectivity index is 1.57. The minimum atomic E-state index is -0.530. The summed E-state index contributed by atoms with van der Waals surface area (Å²) in [6.07, 6.45) is 0.820. The number of carbonyl (C=O) groups excluding carboxylic acids is 2. The van der Waals surface area contributed by atoms with Crippen LogP contribution in [0.1, 0.15) is 26.3 Å². The first-order valence-corrected chi connectivity index (χ1v) is 11.7. The standard InChI is InChI=1S/C24H25FN4O3S/c1-4-32-21(31)14-28(18-11-9-17(25)10-12-18)20(30)15-33-23-27-26-22-19-8-6-5-7-16(19)13-24(2,3)29(22)23/h5-12H,4,13-15H2,1-3H3. The third-order valence-corrected chi connectivity index (χ3v) is 6.39. The Morgan fingerprint density at radius 3 is 2.61 bits per heavy atom. The van der Waals surface area contributed by atoms with Crippen molar-refractivity contribution in [2.75, 3.05) is 23.8 Å². The maximum Gasteiger partial charge on any atom is 0.326 e. The lowest BCUT2D eigenvalue weighted by Gasteiger charge is -2.34. The number of hydrogen-bond donors (Lipinski definition) is 0. The van der Waals surface area contributed by atoms with Gasteiger partial charge in [0.2, 0.25) is 5.91 Å². The van der Waals surface area contributed by atoms with Crippen LogP contribution < -0.4 is 4.90 Å². The number of halogens is 1. The smallest absolute Gasteiger partial charge is 0.326 e. The van der Waals surface area contributed by atoms with Crippen molar-refractivity contribution in [3.05, 3.63) is 59.9 Å². The molecule has 0 atom stereocenters. The van der Waals surface area contributed by atoms with Crippen LogP contribution in [-0.2, 0) is 26.3 Å². The predicted octanol–water partition coefficient (Wildman–Crippen LogP) is 4.06. The van der Waals surface area contributed by atoms with Crippen LogP contribution in [0.15, 0.2) is 53.7 Å². The highest BCUT2D eigenvalue weighted by molar-refractivity contribution is 7.99. The first-order chi connectivity index (χ1) is 15.8. The van der Waals surface area contributed by atoms with E-state index in [4.69, 9.17) is 4.74 Å². The Labute approximate surface area is 196 Å². The third-order valence-electron chi connectivity index (χ3n) is 5.48. The number of aromatic nitrogens is 3. The molecule has 1 aliphatic heterocycles. The van der Waals surface area contributed by atoms with Crippen LogP contribution >= 0.6 is 11.8 Å². The van der Waals surface area contributed by atoms with Gasteiger partial charge in [0.25, 0.3) is 0 Å². The topological polar surface area (TPSA) is 77.3 Å². The van der Waals surface area contributed by atoms with Crippen LogP contribution in [0.5, 0.6) is 0 Å². The van der Waals surface area contributed by atoms with Crippen LogP contribution in [0.4, 0.5) is 10.1 Å². The Hall–Kier alpha value is -3.20. The largest absolute Gasteiger partial charge is 0.465 e. The highest BCUT2D eigenvalue weighted by Gasteiger charge is 2.34.